The first-order valence-corrected chi connectivity index (χ1v) is 11.2. The Hall–Kier alpha value is -0.930. The number of hydrogen-bond donors (Lipinski definition) is 2. The van der Waals surface area contributed by atoms with E-state index in [0.717, 1.165) is 4.57 Å². The number of aliphatic hydroxyl groups excluding tert-OH is 1. The minimum Gasteiger partial charge on any atom is -0.394 e. The number of phosphoric ester groups is 1. The summed E-state index contributed by atoms with van der Waals surface area (Å²) in [6.45, 7) is 0.0395. The zero-order valence-electron chi connectivity index (χ0n) is 15.6. The first-order chi connectivity index (χ1) is 14.0. The third-order valence-electron chi connectivity index (χ3n) is 3.93. The van der Waals surface area contributed by atoms with Gasteiger partial charge in [-0.25, -0.2) is 9.36 Å². The number of aromatic amines is 1. The van der Waals surface area contributed by atoms with Crippen molar-refractivity contribution in [3.63, 3.8) is 0 Å². The number of alkyl halides is 3. The summed E-state index contributed by atoms with van der Waals surface area (Å²) in [4.78, 5) is 25.8. The molecule has 2 N–H and O–H groups in total. The van der Waals surface area contributed by atoms with Crippen molar-refractivity contribution >= 4 is 42.6 Å². The second kappa shape index (κ2) is 10.6. The number of aliphatic hydroxyl groups is 1. The zero-order chi connectivity index (χ0) is 22.5. The van der Waals surface area contributed by atoms with Crippen LogP contribution in [0.15, 0.2) is 15.8 Å². The molecule has 1 aliphatic heterocycles. The maximum absolute atomic E-state index is 13.0. The number of ether oxygens (including phenoxy) is 1. The molecule has 0 radical (unpaired) electrons. The molecule has 2 rings (SSSR count). The smallest absolute Gasteiger partial charge is 0.394 e. The largest absolute Gasteiger partial charge is 0.475 e. The Balaban J connectivity index is 2.21. The lowest BCUT2D eigenvalue weighted by Crippen LogP contribution is -2.33. The van der Waals surface area contributed by atoms with Gasteiger partial charge in [-0.1, -0.05) is 34.8 Å². The van der Waals surface area contributed by atoms with E-state index < -0.39 is 54.5 Å². The Bertz CT molecular complexity index is 941. The maximum Gasteiger partial charge on any atom is 0.475 e. The molecule has 1 unspecified atom stereocenters. The highest BCUT2D eigenvalue weighted by Gasteiger charge is 2.43. The number of rotatable bonds is 9. The summed E-state index contributed by atoms with van der Waals surface area (Å²) in [5, 5.41) is 18.3. The predicted molar refractivity (Wildman–Crippen MR) is 107 cm³/mol. The van der Waals surface area contributed by atoms with E-state index in [4.69, 9.17) is 58.4 Å². The molecular weight excluding hydrogens is 488 g/mol. The fourth-order valence-electron chi connectivity index (χ4n) is 2.57. The molecule has 0 aliphatic carbocycles. The monoisotopic (exact) mass is 505 g/mol. The summed E-state index contributed by atoms with van der Waals surface area (Å²) in [5.74, 6) is 0. The quantitative estimate of drug-likeness (QED) is 0.290. The van der Waals surface area contributed by atoms with Crippen molar-refractivity contribution in [2.75, 3.05) is 19.8 Å². The topological polar surface area (TPSA) is 153 Å². The van der Waals surface area contributed by atoms with Crippen LogP contribution in [-0.4, -0.2) is 50.5 Å². The highest BCUT2D eigenvalue weighted by molar-refractivity contribution is 7.48. The van der Waals surface area contributed by atoms with Crippen LogP contribution in [0.4, 0.5) is 0 Å². The van der Waals surface area contributed by atoms with Gasteiger partial charge in [0.1, 0.15) is 25.0 Å². The van der Waals surface area contributed by atoms with E-state index in [-0.39, 0.29) is 25.0 Å². The number of aryl methyl sites for hydroxylation is 1. The summed E-state index contributed by atoms with van der Waals surface area (Å²) >= 11 is 16.8. The van der Waals surface area contributed by atoms with Crippen LogP contribution in [0.3, 0.4) is 0 Å². The standard InChI is InChI=1S/C15H19Cl3N3O8P/c1-9-6-21(14(24)20-13(9)23)12-5-10(11(7-22)28-12)29-30(25,26-4-2-3-19)27-8-15(16,17)18/h6,10-12,22H,2,4-5,7-8H2,1H3,(H,20,23,24)/t10-,11+,12+,30?/m0/s1. The van der Waals surface area contributed by atoms with Crippen molar-refractivity contribution in [3.8, 4) is 6.07 Å². The number of aromatic nitrogens is 2. The van der Waals surface area contributed by atoms with Gasteiger partial charge < -0.3 is 9.84 Å². The molecule has 1 aliphatic rings. The Morgan fingerprint density at radius 2 is 2.13 bits per heavy atom. The molecule has 4 atom stereocenters. The minimum atomic E-state index is -4.33. The van der Waals surface area contributed by atoms with Gasteiger partial charge in [0.05, 0.1) is 25.7 Å². The molecule has 0 aromatic carbocycles. The Morgan fingerprint density at radius 3 is 2.73 bits per heavy atom. The van der Waals surface area contributed by atoms with Gasteiger partial charge in [0.15, 0.2) is 0 Å². The van der Waals surface area contributed by atoms with Gasteiger partial charge in [-0.05, 0) is 6.92 Å². The molecule has 1 aromatic heterocycles. The van der Waals surface area contributed by atoms with Crippen LogP contribution in [-0.2, 0) is 22.9 Å². The van der Waals surface area contributed by atoms with Gasteiger partial charge in [0, 0.05) is 18.2 Å². The van der Waals surface area contributed by atoms with E-state index in [0.29, 0.717) is 0 Å². The van der Waals surface area contributed by atoms with Gasteiger partial charge in [0.25, 0.3) is 5.56 Å². The van der Waals surface area contributed by atoms with Crippen molar-refractivity contribution in [2.45, 2.75) is 42.0 Å². The van der Waals surface area contributed by atoms with Crippen molar-refractivity contribution in [1.82, 2.24) is 9.55 Å². The molecule has 168 valence electrons. The Labute approximate surface area is 186 Å². The molecule has 1 fully saturated rings. The number of hydrogen-bond acceptors (Lipinski definition) is 9. The van der Waals surface area contributed by atoms with Crippen LogP contribution < -0.4 is 11.2 Å². The lowest BCUT2D eigenvalue weighted by Gasteiger charge is -2.24. The average Bonchev–Trinajstić information content (AvgIpc) is 3.05. The van der Waals surface area contributed by atoms with Gasteiger partial charge in [0.2, 0.25) is 3.79 Å². The number of phosphoric acid groups is 1. The summed E-state index contributed by atoms with van der Waals surface area (Å²) in [6.07, 6.45) is -1.83. The van der Waals surface area contributed by atoms with E-state index >= 15 is 0 Å². The third kappa shape index (κ3) is 7.05. The van der Waals surface area contributed by atoms with Gasteiger partial charge in [-0.3, -0.25) is 27.9 Å². The van der Waals surface area contributed by atoms with E-state index in [2.05, 4.69) is 4.98 Å². The molecule has 0 spiro atoms. The minimum absolute atomic E-state index is 0.0423. The van der Waals surface area contributed by atoms with Gasteiger partial charge in [-0.15, -0.1) is 0 Å². The van der Waals surface area contributed by atoms with Crippen molar-refractivity contribution in [1.29, 1.82) is 5.26 Å². The molecular formula is C15H19Cl3N3O8P. The zero-order valence-corrected chi connectivity index (χ0v) is 18.8. The van der Waals surface area contributed by atoms with Crippen molar-refractivity contribution in [2.24, 2.45) is 0 Å². The number of nitrogens with one attached hydrogen (secondary N) is 1. The van der Waals surface area contributed by atoms with Crippen LogP contribution in [0.5, 0.6) is 0 Å². The molecule has 0 bridgehead atoms. The van der Waals surface area contributed by atoms with Gasteiger partial charge >= 0.3 is 13.5 Å². The van der Waals surface area contributed by atoms with E-state index in [1.54, 1.807) is 6.07 Å². The third-order valence-corrected chi connectivity index (χ3v) is 5.73. The molecule has 11 nitrogen and oxygen atoms in total. The maximum atomic E-state index is 13.0. The molecule has 1 saturated heterocycles. The molecule has 15 heteroatoms. The summed E-state index contributed by atoms with van der Waals surface area (Å²) in [6, 6.07) is 1.80. The number of nitriles is 1. The predicted octanol–water partition coefficient (Wildman–Crippen LogP) is 1.94. The summed E-state index contributed by atoms with van der Waals surface area (Å²) in [7, 11) is -4.33. The highest BCUT2D eigenvalue weighted by atomic mass is 35.6. The first-order valence-electron chi connectivity index (χ1n) is 8.57. The molecule has 0 amide bonds. The van der Waals surface area contributed by atoms with Crippen LogP contribution >= 0.6 is 42.6 Å². The average molecular weight is 507 g/mol. The second-order valence-corrected chi connectivity index (χ2v) is 10.4. The van der Waals surface area contributed by atoms with Crippen molar-refractivity contribution < 1.29 is 28.0 Å². The lowest BCUT2D eigenvalue weighted by atomic mass is 10.2. The molecule has 2 heterocycles. The molecule has 0 saturated carbocycles. The number of halogens is 3. The Kier molecular flexibility index (Phi) is 8.94. The van der Waals surface area contributed by atoms with E-state index in [1.165, 1.54) is 13.1 Å². The van der Waals surface area contributed by atoms with Gasteiger partial charge in [-0.2, -0.15) is 5.26 Å². The molecule has 1 aromatic rings. The van der Waals surface area contributed by atoms with Crippen LogP contribution in [0.25, 0.3) is 0 Å². The summed E-state index contributed by atoms with van der Waals surface area (Å²) in [5.41, 5.74) is -1.01. The van der Waals surface area contributed by atoms with Crippen LogP contribution in [0.2, 0.25) is 0 Å². The molecule has 30 heavy (non-hydrogen) atoms. The summed E-state index contributed by atoms with van der Waals surface area (Å²) < 4.78 is 33.3. The Morgan fingerprint density at radius 1 is 1.43 bits per heavy atom. The SMILES string of the molecule is Cc1cn([C@H]2C[C@H](OP(=O)(OCCC#N)OCC(Cl)(Cl)Cl)[C@@H](CO)O2)c(=O)[nH]c1=O. The highest BCUT2D eigenvalue weighted by Crippen LogP contribution is 2.54. The van der Waals surface area contributed by atoms with Crippen molar-refractivity contribution in [3.05, 3.63) is 32.6 Å². The van der Waals surface area contributed by atoms with Crippen LogP contribution in [0, 0.1) is 18.3 Å². The first kappa shape index (κ1) is 25.3. The fraction of sp³-hybridized carbons (Fsp3) is 0.667. The van der Waals surface area contributed by atoms with E-state index in [1.807, 2.05) is 0 Å². The number of H-pyrrole nitrogens is 1. The normalized spacial score (nSPS) is 23.8. The number of nitrogens with zero attached hydrogens (tertiary/aromatic N) is 2. The fourth-order valence-corrected chi connectivity index (χ4v) is 4.37. The van der Waals surface area contributed by atoms with E-state index in [9.17, 15) is 19.3 Å². The lowest BCUT2D eigenvalue weighted by molar-refractivity contribution is -0.0477. The second-order valence-electron chi connectivity index (χ2n) is 6.25. The van der Waals surface area contributed by atoms with Crippen LogP contribution in [0.1, 0.15) is 24.6 Å².